The molecule has 0 bridgehead atoms. The van der Waals surface area contributed by atoms with Gasteiger partial charge in [0.15, 0.2) is 0 Å². The van der Waals surface area contributed by atoms with Crippen LogP contribution < -0.4 is 5.32 Å². The molecule has 1 heterocycles. The fourth-order valence-electron chi connectivity index (χ4n) is 2.88. The highest BCUT2D eigenvalue weighted by atomic mass is 79.9. The van der Waals surface area contributed by atoms with E-state index in [0.29, 0.717) is 17.9 Å². The van der Waals surface area contributed by atoms with E-state index in [1.807, 2.05) is 6.07 Å². The molecule has 1 aromatic heterocycles. The van der Waals surface area contributed by atoms with Crippen molar-refractivity contribution >= 4 is 49.1 Å². The second-order valence-corrected chi connectivity index (χ2v) is 9.26. The van der Waals surface area contributed by atoms with Gasteiger partial charge in [-0.2, -0.15) is 0 Å². The van der Waals surface area contributed by atoms with E-state index in [-0.39, 0.29) is 5.91 Å². The van der Waals surface area contributed by atoms with E-state index in [1.54, 1.807) is 0 Å². The number of carbonyl (C=O) groups excluding carboxylic acids is 1. The molecule has 1 aromatic rings. The Morgan fingerprint density at radius 1 is 1.37 bits per heavy atom. The molecular formula is C14H19Br2NOS. The molecule has 0 aromatic carbocycles. The monoisotopic (exact) mass is 407 g/mol. The second kappa shape index (κ2) is 6.72. The maximum absolute atomic E-state index is 12.4. The van der Waals surface area contributed by atoms with Gasteiger partial charge in [-0.15, -0.1) is 11.3 Å². The Bertz CT molecular complexity index is 458. The summed E-state index contributed by atoms with van der Waals surface area (Å²) in [6.45, 7) is 4.51. The summed E-state index contributed by atoms with van der Waals surface area (Å²) < 4.78 is 1.88. The van der Waals surface area contributed by atoms with Crippen molar-refractivity contribution < 1.29 is 4.79 Å². The fraction of sp³-hybridized carbons (Fsp3) is 0.643. The number of thiophene rings is 1. The highest BCUT2D eigenvalue weighted by Crippen LogP contribution is 2.33. The Labute approximate surface area is 135 Å². The van der Waals surface area contributed by atoms with Gasteiger partial charge in [0.1, 0.15) is 0 Å². The van der Waals surface area contributed by atoms with Crippen LogP contribution in [0.5, 0.6) is 0 Å². The molecule has 0 aliphatic heterocycles. The standard InChI is InChI=1S/C14H19Br2NOS/c1-8(2)9-5-3-4-6-11(9)17-14(18)10-7-12(15)19-13(10)16/h7-9,11H,3-6H2,1-2H3,(H,17,18). The predicted octanol–water partition coefficient (Wildman–Crippen LogP) is 5.22. The minimum Gasteiger partial charge on any atom is -0.349 e. The van der Waals surface area contributed by atoms with Gasteiger partial charge in [0.25, 0.3) is 5.91 Å². The Balaban J connectivity index is 2.07. The van der Waals surface area contributed by atoms with Crippen LogP contribution in [-0.4, -0.2) is 11.9 Å². The third kappa shape index (κ3) is 3.82. The molecule has 1 N–H and O–H groups in total. The summed E-state index contributed by atoms with van der Waals surface area (Å²) in [6.07, 6.45) is 4.86. The quantitative estimate of drug-likeness (QED) is 0.729. The zero-order valence-corrected chi connectivity index (χ0v) is 15.2. The van der Waals surface area contributed by atoms with Crippen LogP contribution in [0.3, 0.4) is 0 Å². The SMILES string of the molecule is CC(C)C1CCCCC1NC(=O)c1cc(Br)sc1Br. The van der Waals surface area contributed by atoms with Gasteiger partial charge in [-0.3, -0.25) is 4.79 Å². The summed E-state index contributed by atoms with van der Waals surface area (Å²) in [5.41, 5.74) is 0.741. The maximum Gasteiger partial charge on any atom is 0.253 e. The number of hydrogen-bond acceptors (Lipinski definition) is 2. The van der Waals surface area contributed by atoms with Crippen molar-refractivity contribution in [3.05, 3.63) is 19.2 Å². The van der Waals surface area contributed by atoms with E-state index in [9.17, 15) is 4.79 Å². The number of amides is 1. The molecule has 2 nitrogen and oxygen atoms in total. The summed E-state index contributed by atoms with van der Waals surface area (Å²) in [6, 6.07) is 2.21. The van der Waals surface area contributed by atoms with Crippen molar-refractivity contribution in [2.75, 3.05) is 0 Å². The van der Waals surface area contributed by atoms with Crippen molar-refractivity contribution in [1.82, 2.24) is 5.32 Å². The number of halogens is 2. The van der Waals surface area contributed by atoms with Crippen LogP contribution in [0.2, 0.25) is 0 Å². The van der Waals surface area contributed by atoms with Crippen LogP contribution in [-0.2, 0) is 0 Å². The van der Waals surface area contributed by atoms with Crippen molar-refractivity contribution in [2.24, 2.45) is 11.8 Å². The van der Waals surface area contributed by atoms with Crippen molar-refractivity contribution in [3.63, 3.8) is 0 Å². The van der Waals surface area contributed by atoms with Crippen LogP contribution in [0.1, 0.15) is 49.9 Å². The van der Waals surface area contributed by atoms with E-state index >= 15 is 0 Å². The minimum absolute atomic E-state index is 0.0476. The van der Waals surface area contributed by atoms with Gasteiger partial charge in [-0.05, 0) is 62.6 Å². The lowest BCUT2D eigenvalue weighted by Crippen LogP contribution is -2.43. The Hall–Kier alpha value is 0.130. The first-order valence-electron chi connectivity index (χ1n) is 6.74. The summed E-state index contributed by atoms with van der Waals surface area (Å²) in [7, 11) is 0. The molecular weight excluding hydrogens is 390 g/mol. The van der Waals surface area contributed by atoms with Crippen LogP contribution in [0.4, 0.5) is 0 Å². The average molecular weight is 409 g/mol. The van der Waals surface area contributed by atoms with Crippen LogP contribution in [0.25, 0.3) is 0 Å². The summed E-state index contributed by atoms with van der Waals surface area (Å²) in [5, 5.41) is 3.24. The smallest absolute Gasteiger partial charge is 0.253 e. The van der Waals surface area contributed by atoms with Gasteiger partial charge >= 0.3 is 0 Å². The molecule has 0 spiro atoms. The minimum atomic E-state index is 0.0476. The van der Waals surface area contributed by atoms with Crippen LogP contribution in [0, 0.1) is 11.8 Å². The molecule has 5 heteroatoms. The van der Waals surface area contributed by atoms with Crippen LogP contribution >= 0.6 is 43.2 Å². The van der Waals surface area contributed by atoms with Gasteiger partial charge in [-0.25, -0.2) is 0 Å². The first-order chi connectivity index (χ1) is 8.99. The lowest BCUT2D eigenvalue weighted by molar-refractivity contribution is 0.0889. The van der Waals surface area contributed by atoms with E-state index in [2.05, 4.69) is 51.0 Å². The van der Waals surface area contributed by atoms with Gasteiger partial charge in [0, 0.05) is 6.04 Å². The summed E-state index contributed by atoms with van der Waals surface area (Å²) in [4.78, 5) is 12.4. The van der Waals surface area contributed by atoms with Crippen molar-refractivity contribution in [1.29, 1.82) is 0 Å². The molecule has 1 saturated carbocycles. The van der Waals surface area contributed by atoms with Gasteiger partial charge in [-0.1, -0.05) is 26.7 Å². The Morgan fingerprint density at radius 3 is 2.63 bits per heavy atom. The first kappa shape index (κ1) is 15.5. The van der Waals surface area contributed by atoms with Gasteiger partial charge < -0.3 is 5.32 Å². The third-order valence-corrected chi connectivity index (χ3v) is 6.23. The molecule has 106 valence electrons. The first-order valence-corrected chi connectivity index (χ1v) is 9.15. The molecule has 19 heavy (non-hydrogen) atoms. The van der Waals surface area contributed by atoms with Crippen molar-refractivity contribution in [3.8, 4) is 0 Å². The summed E-state index contributed by atoms with van der Waals surface area (Å²) >= 11 is 8.41. The molecule has 2 rings (SSSR count). The molecule has 1 amide bonds. The fourth-order valence-corrected chi connectivity index (χ4v) is 5.67. The number of carbonyl (C=O) groups is 1. The molecule has 1 aliphatic rings. The zero-order valence-electron chi connectivity index (χ0n) is 11.2. The van der Waals surface area contributed by atoms with E-state index < -0.39 is 0 Å². The highest BCUT2D eigenvalue weighted by Gasteiger charge is 2.29. The molecule has 1 aliphatic carbocycles. The Kier molecular flexibility index (Phi) is 5.49. The largest absolute Gasteiger partial charge is 0.349 e. The molecule has 0 saturated heterocycles. The normalized spacial score (nSPS) is 23.6. The lowest BCUT2D eigenvalue weighted by Gasteiger charge is -2.34. The summed E-state index contributed by atoms with van der Waals surface area (Å²) in [5.74, 6) is 1.29. The van der Waals surface area contributed by atoms with Crippen LogP contribution in [0.15, 0.2) is 13.6 Å². The van der Waals surface area contributed by atoms with E-state index in [4.69, 9.17) is 0 Å². The van der Waals surface area contributed by atoms with E-state index in [1.165, 1.54) is 30.6 Å². The van der Waals surface area contributed by atoms with E-state index in [0.717, 1.165) is 19.6 Å². The predicted molar refractivity (Wildman–Crippen MR) is 87.8 cm³/mol. The number of rotatable bonds is 3. The molecule has 2 atom stereocenters. The Morgan fingerprint density at radius 2 is 2.05 bits per heavy atom. The van der Waals surface area contributed by atoms with Gasteiger partial charge in [0.2, 0.25) is 0 Å². The van der Waals surface area contributed by atoms with Crippen molar-refractivity contribution in [2.45, 2.75) is 45.6 Å². The maximum atomic E-state index is 12.4. The molecule has 1 fully saturated rings. The highest BCUT2D eigenvalue weighted by molar-refractivity contribution is 9.12. The molecule has 2 unspecified atom stereocenters. The van der Waals surface area contributed by atoms with Gasteiger partial charge in [0.05, 0.1) is 13.1 Å². The average Bonchev–Trinajstić information content (AvgIpc) is 2.69. The topological polar surface area (TPSA) is 29.1 Å². The zero-order chi connectivity index (χ0) is 14.0. The number of hydrogen-bond donors (Lipinski definition) is 1. The second-order valence-electron chi connectivity index (χ2n) is 5.51. The number of nitrogens with one attached hydrogen (secondary N) is 1. The molecule has 0 radical (unpaired) electrons. The third-order valence-electron chi connectivity index (χ3n) is 3.89. The lowest BCUT2D eigenvalue weighted by atomic mass is 9.78.